The van der Waals surface area contributed by atoms with E-state index in [-0.39, 0.29) is 5.41 Å². The van der Waals surface area contributed by atoms with Gasteiger partial charge in [0, 0.05) is 18.0 Å². The van der Waals surface area contributed by atoms with Gasteiger partial charge in [0.15, 0.2) is 0 Å². The van der Waals surface area contributed by atoms with Gasteiger partial charge in [-0.25, -0.2) is 0 Å². The summed E-state index contributed by atoms with van der Waals surface area (Å²) in [5.41, 5.74) is 1.14. The Hall–Kier alpha value is -1.68. The van der Waals surface area contributed by atoms with Crippen LogP contribution < -0.4 is 5.32 Å². The van der Waals surface area contributed by atoms with Gasteiger partial charge >= 0.3 is 0 Å². The summed E-state index contributed by atoms with van der Waals surface area (Å²) in [6.45, 7) is 9.87. The van der Waals surface area contributed by atoms with Gasteiger partial charge in [0.2, 0.25) is 11.7 Å². The summed E-state index contributed by atoms with van der Waals surface area (Å²) < 4.78 is 5.42. The number of aromatic nitrogens is 2. The highest BCUT2D eigenvalue weighted by atomic mass is 16.5. The second-order valence-corrected chi connectivity index (χ2v) is 6.45. The first kappa shape index (κ1) is 15.7. The van der Waals surface area contributed by atoms with E-state index in [0.29, 0.717) is 17.8 Å². The molecule has 1 aromatic heterocycles. The molecule has 2 aromatic rings. The lowest BCUT2D eigenvalue weighted by atomic mass is 9.84. The van der Waals surface area contributed by atoms with Gasteiger partial charge in [-0.05, 0) is 18.4 Å². The summed E-state index contributed by atoms with van der Waals surface area (Å²) in [4.78, 5) is 4.52. The molecule has 0 fully saturated rings. The summed E-state index contributed by atoms with van der Waals surface area (Å²) in [6.07, 6.45) is 1.87. The van der Waals surface area contributed by atoms with E-state index < -0.39 is 0 Å². The molecule has 2 rings (SSSR count). The smallest absolute Gasteiger partial charge is 0.228 e. The topological polar surface area (TPSA) is 51.0 Å². The van der Waals surface area contributed by atoms with E-state index in [1.807, 2.05) is 30.3 Å². The molecule has 4 heteroatoms. The monoisotopic (exact) mass is 287 g/mol. The van der Waals surface area contributed by atoms with E-state index in [4.69, 9.17) is 4.52 Å². The zero-order valence-electron chi connectivity index (χ0n) is 13.4. The minimum absolute atomic E-state index is 0.149. The zero-order valence-corrected chi connectivity index (χ0v) is 13.4. The number of rotatable bonds is 6. The Morgan fingerprint density at radius 2 is 1.90 bits per heavy atom. The average Bonchev–Trinajstić information content (AvgIpc) is 2.92. The van der Waals surface area contributed by atoms with E-state index in [9.17, 15) is 0 Å². The summed E-state index contributed by atoms with van der Waals surface area (Å²) in [7, 11) is 0. The van der Waals surface area contributed by atoms with Gasteiger partial charge < -0.3 is 9.84 Å². The number of nitrogens with zero attached hydrogens (tertiary/aromatic N) is 2. The van der Waals surface area contributed by atoms with Crippen LogP contribution in [0.5, 0.6) is 0 Å². The van der Waals surface area contributed by atoms with Crippen molar-refractivity contribution in [1.29, 1.82) is 0 Å². The summed E-state index contributed by atoms with van der Waals surface area (Å²) in [6, 6.07) is 10.2. The van der Waals surface area contributed by atoms with Gasteiger partial charge in [0.05, 0.1) is 0 Å². The standard InChI is InChI=1S/C17H25N3O/c1-5-11-18-14(17(2,3)4)12-15-19-16(20-21-15)13-9-7-6-8-10-13/h6-10,14,18H,5,11-12H2,1-4H3. The normalized spacial score (nSPS) is 13.3. The minimum atomic E-state index is 0.149. The van der Waals surface area contributed by atoms with Crippen LogP contribution in [0.2, 0.25) is 0 Å². The van der Waals surface area contributed by atoms with Crippen LogP contribution in [-0.2, 0) is 6.42 Å². The second-order valence-electron chi connectivity index (χ2n) is 6.45. The highest BCUT2D eigenvalue weighted by molar-refractivity contribution is 5.53. The molecular formula is C17H25N3O. The lowest BCUT2D eigenvalue weighted by Crippen LogP contribution is -2.42. The first-order valence-corrected chi connectivity index (χ1v) is 7.62. The molecule has 1 aromatic carbocycles. The van der Waals surface area contributed by atoms with Crippen LogP contribution in [0.4, 0.5) is 0 Å². The molecule has 0 bridgehead atoms. The van der Waals surface area contributed by atoms with Crippen LogP contribution >= 0.6 is 0 Å². The number of hydrogen-bond donors (Lipinski definition) is 1. The van der Waals surface area contributed by atoms with Crippen LogP contribution in [-0.4, -0.2) is 22.7 Å². The largest absolute Gasteiger partial charge is 0.339 e. The van der Waals surface area contributed by atoms with Gasteiger partial charge in [-0.15, -0.1) is 0 Å². The number of benzene rings is 1. The summed E-state index contributed by atoms with van der Waals surface area (Å²) >= 11 is 0. The molecular weight excluding hydrogens is 262 g/mol. The predicted octanol–water partition coefficient (Wildman–Crippen LogP) is 3.69. The van der Waals surface area contributed by atoms with Gasteiger partial charge in [0.1, 0.15) is 0 Å². The van der Waals surface area contributed by atoms with Crippen molar-refractivity contribution in [3.63, 3.8) is 0 Å². The maximum atomic E-state index is 5.42. The van der Waals surface area contributed by atoms with Crippen molar-refractivity contribution >= 4 is 0 Å². The van der Waals surface area contributed by atoms with Gasteiger partial charge in [-0.2, -0.15) is 4.98 Å². The van der Waals surface area contributed by atoms with Crippen molar-refractivity contribution in [3.05, 3.63) is 36.2 Å². The maximum absolute atomic E-state index is 5.42. The van der Waals surface area contributed by atoms with E-state index in [0.717, 1.165) is 24.9 Å². The SMILES string of the molecule is CCCNC(Cc1nc(-c2ccccc2)no1)C(C)(C)C. The van der Waals surface area contributed by atoms with Crippen LogP contribution in [0.3, 0.4) is 0 Å². The second kappa shape index (κ2) is 6.85. The van der Waals surface area contributed by atoms with Crippen molar-refractivity contribution in [3.8, 4) is 11.4 Å². The molecule has 0 aliphatic heterocycles. The Morgan fingerprint density at radius 1 is 1.19 bits per heavy atom. The van der Waals surface area contributed by atoms with Crippen molar-refractivity contribution in [2.45, 2.75) is 46.6 Å². The predicted molar refractivity (Wildman–Crippen MR) is 85.0 cm³/mol. The first-order chi connectivity index (χ1) is 10.0. The molecule has 0 radical (unpaired) electrons. The fourth-order valence-electron chi connectivity index (χ4n) is 2.22. The van der Waals surface area contributed by atoms with Crippen molar-refractivity contribution < 1.29 is 4.52 Å². The molecule has 0 aliphatic rings. The van der Waals surface area contributed by atoms with Crippen LogP contribution in [0, 0.1) is 5.41 Å². The Bertz CT molecular complexity index is 543. The van der Waals surface area contributed by atoms with Crippen LogP contribution in [0.1, 0.15) is 40.0 Å². The highest BCUT2D eigenvalue weighted by Gasteiger charge is 2.26. The molecule has 0 amide bonds. The Morgan fingerprint density at radius 3 is 2.52 bits per heavy atom. The van der Waals surface area contributed by atoms with Gasteiger partial charge in [-0.3, -0.25) is 0 Å². The van der Waals surface area contributed by atoms with Gasteiger partial charge in [-0.1, -0.05) is 63.2 Å². The molecule has 4 nitrogen and oxygen atoms in total. The van der Waals surface area contributed by atoms with E-state index in [2.05, 4.69) is 43.2 Å². The third-order valence-corrected chi connectivity index (χ3v) is 3.56. The molecule has 1 atom stereocenters. The Kier molecular flexibility index (Phi) is 5.12. The number of nitrogens with one attached hydrogen (secondary N) is 1. The van der Waals surface area contributed by atoms with Crippen molar-refractivity contribution in [1.82, 2.24) is 15.5 Å². The lowest BCUT2D eigenvalue weighted by Gasteiger charge is -2.30. The van der Waals surface area contributed by atoms with Gasteiger partial charge in [0.25, 0.3) is 0 Å². The fraction of sp³-hybridized carbons (Fsp3) is 0.529. The lowest BCUT2D eigenvalue weighted by molar-refractivity contribution is 0.244. The third-order valence-electron chi connectivity index (χ3n) is 3.56. The third kappa shape index (κ3) is 4.39. The highest BCUT2D eigenvalue weighted by Crippen LogP contribution is 2.23. The van der Waals surface area contributed by atoms with E-state index in [1.165, 1.54) is 0 Å². The molecule has 21 heavy (non-hydrogen) atoms. The quantitative estimate of drug-likeness (QED) is 0.880. The minimum Gasteiger partial charge on any atom is -0.339 e. The molecule has 1 N–H and O–H groups in total. The Labute approximate surface area is 127 Å². The Balaban J connectivity index is 2.10. The molecule has 114 valence electrons. The molecule has 0 saturated heterocycles. The van der Waals surface area contributed by atoms with Crippen molar-refractivity contribution in [2.24, 2.45) is 5.41 Å². The van der Waals surface area contributed by atoms with Crippen LogP contribution in [0.15, 0.2) is 34.9 Å². The van der Waals surface area contributed by atoms with E-state index in [1.54, 1.807) is 0 Å². The zero-order chi connectivity index (χ0) is 15.3. The molecule has 0 spiro atoms. The van der Waals surface area contributed by atoms with E-state index >= 15 is 0 Å². The first-order valence-electron chi connectivity index (χ1n) is 7.62. The summed E-state index contributed by atoms with van der Waals surface area (Å²) in [5, 5.41) is 7.67. The summed E-state index contributed by atoms with van der Waals surface area (Å²) in [5.74, 6) is 1.35. The molecule has 0 aliphatic carbocycles. The molecule has 0 saturated carbocycles. The fourth-order valence-corrected chi connectivity index (χ4v) is 2.22. The molecule has 1 unspecified atom stereocenters. The maximum Gasteiger partial charge on any atom is 0.228 e. The van der Waals surface area contributed by atoms with Crippen LogP contribution in [0.25, 0.3) is 11.4 Å². The molecule has 1 heterocycles. The average molecular weight is 287 g/mol. The van der Waals surface area contributed by atoms with Crippen molar-refractivity contribution in [2.75, 3.05) is 6.54 Å². The number of hydrogen-bond acceptors (Lipinski definition) is 4.